The van der Waals surface area contributed by atoms with Gasteiger partial charge in [0.25, 0.3) is 5.91 Å². The van der Waals surface area contributed by atoms with Crippen molar-refractivity contribution in [1.29, 1.82) is 0 Å². The molecule has 1 atom stereocenters. The van der Waals surface area contributed by atoms with Gasteiger partial charge in [0.15, 0.2) is 0 Å². The van der Waals surface area contributed by atoms with Crippen molar-refractivity contribution >= 4 is 18.3 Å². The summed E-state index contributed by atoms with van der Waals surface area (Å²) in [6, 6.07) is 0. The third-order valence-electron chi connectivity index (χ3n) is 2.94. The Kier molecular flexibility index (Phi) is 5.19. The topological polar surface area (TPSA) is 50.8 Å². The first-order valence-corrected chi connectivity index (χ1v) is 5.83. The van der Waals surface area contributed by atoms with Gasteiger partial charge in [-0.05, 0) is 13.8 Å². The summed E-state index contributed by atoms with van der Waals surface area (Å²) >= 11 is 0. The summed E-state index contributed by atoms with van der Waals surface area (Å²) in [6.45, 7) is 8.00. The van der Waals surface area contributed by atoms with Crippen LogP contribution in [0.5, 0.6) is 0 Å². The number of carbonyl (C=O) groups excluding carboxylic acids is 1. The highest BCUT2D eigenvalue weighted by molar-refractivity contribution is 5.85. The lowest BCUT2D eigenvalue weighted by Crippen LogP contribution is -2.56. The normalized spacial score (nSPS) is 28.4. The van der Waals surface area contributed by atoms with E-state index in [1.54, 1.807) is 0 Å². The number of hydrogen-bond acceptors (Lipinski definition) is 4. The van der Waals surface area contributed by atoms with Gasteiger partial charge in [0.1, 0.15) is 6.10 Å². The monoisotopic (exact) mass is 264 g/mol. The van der Waals surface area contributed by atoms with Crippen molar-refractivity contribution in [2.75, 3.05) is 39.4 Å². The minimum Gasteiger partial charge on any atom is -0.372 e. The predicted octanol–water partition coefficient (Wildman–Crippen LogP) is 0.0340. The standard InChI is InChI=1S/C11H20N2O3.ClH/c1-11(2)8-13(4-6-16-11)10(14)9-7-12-3-5-15-9;/h9,12H,3-8H2,1-2H3;1H. The van der Waals surface area contributed by atoms with Crippen molar-refractivity contribution in [2.24, 2.45) is 0 Å². The summed E-state index contributed by atoms with van der Waals surface area (Å²) in [4.78, 5) is 14.0. The molecule has 0 radical (unpaired) electrons. The summed E-state index contributed by atoms with van der Waals surface area (Å²) < 4.78 is 11.0. The molecule has 2 rings (SSSR count). The predicted molar refractivity (Wildman–Crippen MR) is 66.5 cm³/mol. The van der Waals surface area contributed by atoms with E-state index in [0.29, 0.717) is 32.8 Å². The lowest BCUT2D eigenvalue weighted by molar-refractivity contribution is -0.158. The van der Waals surface area contributed by atoms with E-state index in [2.05, 4.69) is 5.32 Å². The Morgan fingerprint density at radius 1 is 1.41 bits per heavy atom. The number of amides is 1. The largest absolute Gasteiger partial charge is 0.372 e. The maximum absolute atomic E-state index is 12.1. The van der Waals surface area contributed by atoms with Crippen LogP contribution in [0.25, 0.3) is 0 Å². The van der Waals surface area contributed by atoms with Crippen LogP contribution in [0.3, 0.4) is 0 Å². The Bertz CT molecular complexity index is 267. The maximum Gasteiger partial charge on any atom is 0.253 e. The summed E-state index contributed by atoms with van der Waals surface area (Å²) in [5.41, 5.74) is -0.240. The van der Waals surface area contributed by atoms with Crippen LogP contribution in [-0.4, -0.2) is 61.9 Å². The molecule has 0 aromatic carbocycles. The zero-order valence-electron chi connectivity index (χ0n) is 10.4. The number of hydrogen-bond donors (Lipinski definition) is 1. The van der Waals surface area contributed by atoms with Gasteiger partial charge in [-0.25, -0.2) is 0 Å². The summed E-state index contributed by atoms with van der Waals surface area (Å²) in [6.07, 6.45) is -0.317. The van der Waals surface area contributed by atoms with Gasteiger partial charge in [-0.15, -0.1) is 12.4 Å². The fraction of sp³-hybridized carbons (Fsp3) is 0.909. The molecule has 5 nitrogen and oxygen atoms in total. The average Bonchev–Trinajstić information content (AvgIpc) is 2.28. The van der Waals surface area contributed by atoms with Crippen LogP contribution in [-0.2, 0) is 14.3 Å². The zero-order valence-corrected chi connectivity index (χ0v) is 11.2. The lowest BCUT2D eigenvalue weighted by atomic mass is 10.1. The van der Waals surface area contributed by atoms with Crippen LogP contribution in [0.15, 0.2) is 0 Å². The molecule has 0 saturated carbocycles. The van der Waals surface area contributed by atoms with Gasteiger partial charge in [0.2, 0.25) is 0 Å². The molecule has 100 valence electrons. The highest BCUT2D eigenvalue weighted by Crippen LogP contribution is 2.17. The molecular weight excluding hydrogens is 244 g/mol. The molecule has 0 spiro atoms. The average molecular weight is 265 g/mol. The molecule has 0 aromatic rings. The molecule has 2 aliphatic heterocycles. The van der Waals surface area contributed by atoms with Crippen LogP contribution in [0.1, 0.15) is 13.8 Å². The Hall–Kier alpha value is -0.360. The van der Waals surface area contributed by atoms with Crippen molar-refractivity contribution in [2.45, 2.75) is 25.6 Å². The zero-order chi connectivity index (χ0) is 11.6. The number of ether oxygens (including phenoxy) is 2. The van der Waals surface area contributed by atoms with Gasteiger partial charge in [-0.3, -0.25) is 4.79 Å². The van der Waals surface area contributed by atoms with Gasteiger partial charge in [-0.1, -0.05) is 0 Å². The molecule has 2 aliphatic rings. The number of morpholine rings is 2. The van der Waals surface area contributed by atoms with Crippen molar-refractivity contribution in [3.8, 4) is 0 Å². The van der Waals surface area contributed by atoms with Crippen LogP contribution in [0.2, 0.25) is 0 Å². The minimum atomic E-state index is -0.317. The van der Waals surface area contributed by atoms with E-state index in [4.69, 9.17) is 9.47 Å². The Balaban J connectivity index is 0.00000144. The lowest BCUT2D eigenvalue weighted by Gasteiger charge is -2.39. The van der Waals surface area contributed by atoms with Gasteiger partial charge >= 0.3 is 0 Å². The fourth-order valence-electron chi connectivity index (χ4n) is 2.13. The second kappa shape index (κ2) is 6.00. The first kappa shape index (κ1) is 14.7. The number of nitrogens with zero attached hydrogens (tertiary/aromatic N) is 1. The Morgan fingerprint density at radius 2 is 2.18 bits per heavy atom. The molecule has 2 saturated heterocycles. The highest BCUT2D eigenvalue weighted by atomic mass is 35.5. The van der Waals surface area contributed by atoms with E-state index >= 15 is 0 Å². The third kappa shape index (κ3) is 3.81. The SMILES string of the molecule is CC1(C)CN(C(=O)C2CNCCO2)CCO1.Cl. The van der Waals surface area contributed by atoms with Crippen LogP contribution >= 0.6 is 12.4 Å². The molecular formula is C11H21ClN2O3. The molecule has 0 aromatic heterocycles. The molecule has 2 heterocycles. The maximum atomic E-state index is 12.1. The minimum absolute atomic E-state index is 0. The second-order valence-electron chi connectivity index (χ2n) is 4.93. The van der Waals surface area contributed by atoms with Crippen LogP contribution < -0.4 is 5.32 Å². The van der Waals surface area contributed by atoms with E-state index in [9.17, 15) is 4.79 Å². The van der Waals surface area contributed by atoms with E-state index in [1.165, 1.54) is 0 Å². The van der Waals surface area contributed by atoms with Gasteiger partial charge in [-0.2, -0.15) is 0 Å². The number of carbonyl (C=O) groups is 1. The van der Waals surface area contributed by atoms with E-state index in [0.717, 1.165) is 6.54 Å². The summed E-state index contributed by atoms with van der Waals surface area (Å²) in [5.74, 6) is 0.0866. The van der Waals surface area contributed by atoms with E-state index in [1.807, 2.05) is 18.7 Å². The number of nitrogens with one attached hydrogen (secondary N) is 1. The molecule has 0 aliphatic carbocycles. The van der Waals surface area contributed by atoms with Gasteiger partial charge < -0.3 is 19.7 Å². The first-order valence-electron chi connectivity index (χ1n) is 5.83. The molecule has 1 unspecified atom stereocenters. The Labute approximate surface area is 108 Å². The Morgan fingerprint density at radius 3 is 2.76 bits per heavy atom. The number of rotatable bonds is 1. The fourth-order valence-corrected chi connectivity index (χ4v) is 2.13. The van der Waals surface area contributed by atoms with E-state index in [-0.39, 0.29) is 30.0 Å². The highest BCUT2D eigenvalue weighted by Gasteiger charge is 2.34. The van der Waals surface area contributed by atoms with Crippen molar-refractivity contribution in [3.63, 3.8) is 0 Å². The van der Waals surface area contributed by atoms with Crippen molar-refractivity contribution in [3.05, 3.63) is 0 Å². The quantitative estimate of drug-likeness (QED) is 0.726. The molecule has 1 N–H and O–H groups in total. The third-order valence-corrected chi connectivity index (χ3v) is 2.94. The van der Waals surface area contributed by atoms with Crippen molar-refractivity contribution in [1.82, 2.24) is 10.2 Å². The molecule has 17 heavy (non-hydrogen) atoms. The summed E-state index contributed by atoms with van der Waals surface area (Å²) in [7, 11) is 0. The molecule has 6 heteroatoms. The smallest absolute Gasteiger partial charge is 0.253 e. The van der Waals surface area contributed by atoms with E-state index < -0.39 is 0 Å². The molecule has 1 amide bonds. The van der Waals surface area contributed by atoms with Crippen molar-refractivity contribution < 1.29 is 14.3 Å². The first-order chi connectivity index (χ1) is 7.58. The molecule has 0 bridgehead atoms. The summed E-state index contributed by atoms with van der Waals surface area (Å²) in [5, 5.41) is 3.17. The van der Waals surface area contributed by atoms with Gasteiger partial charge in [0, 0.05) is 26.2 Å². The van der Waals surface area contributed by atoms with Gasteiger partial charge in [0.05, 0.1) is 18.8 Å². The van der Waals surface area contributed by atoms with Crippen LogP contribution in [0.4, 0.5) is 0 Å². The molecule has 2 fully saturated rings. The van der Waals surface area contributed by atoms with Crippen LogP contribution in [0, 0.1) is 0 Å². The number of halogens is 1. The second-order valence-corrected chi connectivity index (χ2v) is 4.93.